The predicted octanol–water partition coefficient (Wildman–Crippen LogP) is 7.87. The number of pyridine rings is 1. The molecule has 39 heavy (non-hydrogen) atoms. The fraction of sp³-hybridized carbons (Fsp3) is 0.286. The summed E-state index contributed by atoms with van der Waals surface area (Å²) >= 11 is 0. The van der Waals surface area contributed by atoms with Crippen LogP contribution in [0.2, 0.25) is 0 Å². The molecule has 2 aromatic carbocycles. The van der Waals surface area contributed by atoms with E-state index in [1.165, 1.54) is 34.9 Å². The molecule has 0 bridgehead atoms. The summed E-state index contributed by atoms with van der Waals surface area (Å²) < 4.78 is 101. The van der Waals surface area contributed by atoms with Crippen molar-refractivity contribution in [3.05, 3.63) is 101 Å². The number of imidazole rings is 1. The van der Waals surface area contributed by atoms with Crippen LogP contribution in [0.3, 0.4) is 0 Å². The lowest BCUT2D eigenvalue weighted by atomic mass is 9.88. The number of alkyl halides is 3. The number of hydrogen-bond donors (Lipinski definition) is 0. The standard InChI is InChI=1S/C28H23F7N2O2/c1-16-26(24(38)14-17(5-3-11-28(33,34)35)18-9-10-22(31)23(32)13-18)37-12-4-8-25(27(37)36-16)39-15-19-20(29)6-2-7-21(19)30/h2,4,6-10,12-13,17H,3,5,11,14-15H2,1H3. The fourth-order valence-electron chi connectivity index (χ4n) is 4.45. The topological polar surface area (TPSA) is 43.6 Å². The Balaban J connectivity index is 1.60. The summed E-state index contributed by atoms with van der Waals surface area (Å²) in [7, 11) is 0. The van der Waals surface area contributed by atoms with E-state index in [1.807, 2.05) is 0 Å². The number of rotatable bonds is 10. The van der Waals surface area contributed by atoms with Crippen molar-refractivity contribution in [2.45, 2.75) is 51.3 Å². The molecule has 0 spiro atoms. The third kappa shape index (κ3) is 6.58. The Bertz CT molecular complexity index is 1480. The van der Waals surface area contributed by atoms with Crippen molar-refractivity contribution in [1.29, 1.82) is 0 Å². The normalized spacial score (nSPS) is 12.6. The minimum Gasteiger partial charge on any atom is -0.485 e. The van der Waals surface area contributed by atoms with Gasteiger partial charge in [-0.15, -0.1) is 0 Å². The van der Waals surface area contributed by atoms with E-state index < -0.39 is 54.2 Å². The maximum absolute atomic E-state index is 14.0. The molecule has 0 N–H and O–H groups in total. The highest BCUT2D eigenvalue weighted by atomic mass is 19.4. The number of Topliss-reactive ketones (excluding diaryl/α,β-unsaturated/α-hetero) is 1. The Morgan fingerprint density at radius 1 is 0.974 bits per heavy atom. The molecule has 4 nitrogen and oxygen atoms in total. The Morgan fingerprint density at radius 3 is 2.36 bits per heavy atom. The van der Waals surface area contributed by atoms with Crippen molar-refractivity contribution in [1.82, 2.24) is 9.38 Å². The SMILES string of the molecule is Cc1nc2c(OCc3c(F)cccc3F)cccn2c1C(=O)CC(CCCC(F)(F)F)c1ccc(F)c(F)c1. The molecule has 1 unspecified atom stereocenters. The van der Waals surface area contributed by atoms with Crippen LogP contribution >= 0.6 is 0 Å². The van der Waals surface area contributed by atoms with Crippen LogP contribution in [0, 0.1) is 30.2 Å². The fourth-order valence-corrected chi connectivity index (χ4v) is 4.45. The van der Waals surface area contributed by atoms with E-state index in [0.717, 1.165) is 24.3 Å². The molecule has 2 heterocycles. The van der Waals surface area contributed by atoms with Crippen LogP contribution in [0.25, 0.3) is 5.65 Å². The summed E-state index contributed by atoms with van der Waals surface area (Å²) in [4.78, 5) is 17.8. The number of ketones is 1. The molecule has 0 aliphatic rings. The molecule has 0 saturated carbocycles. The zero-order valence-electron chi connectivity index (χ0n) is 20.7. The molecule has 0 aliphatic carbocycles. The first-order valence-electron chi connectivity index (χ1n) is 12.0. The number of carbonyl (C=O) groups excluding carboxylic acids is 1. The predicted molar refractivity (Wildman–Crippen MR) is 129 cm³/mol. The smallest absolute Gasteiger partial charge is 0.389 e. The molecule has 11 heteroatoms. The van der Waals surface area contributed by atoms with E-state index in [1.54, 1.807) is 6.92 Å². The van der Waals surface area contributed by atoms with E-state index in [4.69, 9.17) is 4.74 Å². The summed E-state index contributed by atoms with van der Waals surface area (Å²) in [6.07, 6.45) is -4.65. The van der Waals surface area contributed by atoms with Gasteiger partial charge in [-0.2, -0.15) is 13.2 Å². The minimum absolute atomic E-state index is 0.0886. The Hall–Kier alpha value is -3.89. The first kappa shape index (κ1) is 28.1. The van der Waals surface area contributed by atoms with Gasteiger partial charge in [-0.1, -0.05) is 12.1 Å². The number of hydrogen-bond acceptors (Lipinski definition) is 3. The molecule has 0 fully saturated rings. The molecule has 4 aromatic rings. The zero-order chi connectivity index (χ0) is 28.3. The molecule has 1 atom stereocenters. The van der Waals surface area contributed by atoms with Gasteiger partial charge in [0.05, 0.1) is 11.3 Å². The van der Waals surface area contributed by atoms with E-state index in [2.05, 4.69) is 4.98 Å². The lowest BCUT2D eigenvalue weighted by Gasteiger charge is -2.18. The van der Waals surface area contributed by atoms with Crippen molar-refractivity contribution in [3.8, 4) is 5.75 Å². The molecular formula is C28H23F7N2O2. The third-order valence-corrected chi connectivity index (χ3v) is 6.35. The Labute approximate surface area is 219 Å². The van der Waals surface area contributed by atoms with Gasteiger partial charge in [0.15, 0.2) is 28.8 Å². The van der Waals surface area contributed by atoms with E-state index in [-0.39, 0.29) is 53.2 Å². The van der Waals surface area contributed by atoms with Crippen LogP contribution in [0.15, 0.2) is 54.7 Å². The summed E-state index contributed by atoms with van der Waals surface area (Å²) in [5, 5.41) is 0. The molecule has 4 rings (SSSR count). The van der Waals surface area contributed by atoms with Crippen LogP contribution in [0.1, 0.15) is 58.9 Å². The van der Waals surface area contributed by atoms with Gasteiger partial charge in [-0.05, 0) is 67.6 Å². The van der Waals surface area contributed by atoms with E-state index >= 15 is 0 Å². The first-order chi connectivity index (χ1) is 18.4. The largest absolute Gasteiger partial charge is 0.485 e. The van der Waals surface area contributed by atoms with Crippen molar-refractivity contribution < 1.29 is 40.3 Å². The van der Waals surface area contributed by atoms with Gasteiger partial charge in [0.2, 0.25) is 0 Å². The molecule has 0 radical (unpaired) electrons. The second-order valence-corrected chi connectivity index (χ2v) is 9.11. The highest BCUT2D eigenvalue weighted by Crippen LogP contribution is 2.33. The Morgan fingerprint density at radius 2 is 1.69 bits per heavy atom. The lowest BCUT2D eigenvalue weighted by molar-refractivity contribution is -0.135. The van der Waals surface area contributed by atoms with E-state index in [0.29, 0.717) is 0 Å². The summed E-state index contributed by atoms with van der Waals surface area (Å²) in [5.41, 5.74) is 0.513. The molecule has 0 saturated heterocycles. The molecular weight excluding hydrogens is 529 g/mol. The highest BCUT2D eigenvalue weighted by Gasteiger charge is 2.29. The lowest BCUT2D eigenvalue weighted by Crippen LogP contribution is -2.13. The number of fused-ring (bicyclic) bond motifs is 1. The summed E-state index contributed by atoms with van der Waals surface area (Å²) in [5.74, 6) is -5.01. The average molecular weight is 552 g/mol. The minimum atomic E-state index is -4.40. The van der Waals surface area contributed by atoms with E-state index in [9.17, 15) is 35.5 Å². The van der Waals surface area contributed by atoms with Crippen molar-refractivity contribution in [3.63, 3.8) is 0 Å². The number of aryl methyl sites for hydroxylation is 1. The zero-order valence-corrected chi connectivity index (χ0v) is 20.7. The number of ether oxygens (including phenoxy) is 1. The molecule has 0 amide bonds. The second-order valence-electron chi connectivity index (χ2n) is 9.11. The number of halogens is 7. The summed E-state index contributed by atoms with van der Waals surface area (Å²) in [6, 6.07) is 9.46. The summed E-state index contributed by atoms with van der Waals surface area (Å²) in [6.45, 7) is 1.11. The van der Waals surface area contributed by atoms with Gasteiger partial charge >= 0.3 is 6.18 Å². The van der Waals surface area contributed by atoms with Gasteiger partial charge < -0.3 is 4.74 Å². The van der Waals surface area contributed by atoms with Gasteiger partial charge in [0.25, 0.3) is 0 Å². The van der Waals surface area contributed by atoms with Crippen LogP contribution in [0.4, 0.5) is 30.7 Å². The molecule has 206 valence electrons. The van der Waals surface area contributed by atoms with Crippen molar-refractivity contribution in [2.24, 2.45) is 0 Å². The van der Waals surface area contributed by atoms with Gasteiger partial charge in [0.1, 0.15) is 23.9 Å². The van der Waals surface area contributed by atoms with Crippen LogP contribution in [-0.2, 0) is 6.61 Å². The number of benzene rings is 2. The van der Waals surface area contributed by atoms with Crippen LogP contribution < -0.4 is 4.74 Å². The van der Waals surface area contributed by atoms with Crippen molar-refractivity contribution in [2.75, 3.05) is 0 Å². The molecule has 2 aromatic heterocycles. The maximum atomic E-state index is 14.0. The van der Waals surface area contributed by atoms with Crippen LogP contribution in [-0.4, -0.2) is 21.3 Å². The highest BCUT2D eigenvalue weighted by molar-refractivity contribution is 5.97. The quantitative estimate of drug-likeness (QED) is 0.149. The number of aromatic nitrogens is 2. The third-order valence-electron chi connectivity index (χ3n) is 6.35. The van der Waals surface area contributed by atoms with Crippen molar-refractivity contribution >= 4 is 11.4 Å². The Kier molecular flexibility index (Phi) is 8.27. The van der Waals surface area contributed by atoms with Crippen LogP contribution in [0.5, 0.6) is 5.75 Å². The van der Waals surface area contributed by atoms with Gasteiger partial charge in [0, 0.05) is 19.0 Å². The maximum Gasteiger partial charge on any atom is 0.389 e. The number of nitrogens with zero attached hydrogens (tertiary/aromatic N) is 2. The first-order valence-corrected chi connectivity index (χ1v) is 12.0. The number of carbonyl (C=O) groups is 1. The van der Waals surface area contributed by atoms with Gasteiger partial charge in [-0.3, -0.25) is 9.20 Å². The average Bonchev–Trinajstić information content (AvgIpc) is 3.20. The monoisotopic (exact) mass is 552 g/mol. The molecule has 0 aliphatic heterocycles. The second kappa shape index (κ2) is 11.5. The van der Waals surface area contributed by atoms with Gasteiger partial charge in [-0.25, -0.2) is 22.5 Å².